The molecule has 88 valence electrons. The monoisotopic (exact) mass is 222 g/mol. The summed E-state index contributed by atoms with van der Waals surface area (Å²) >= 11 is 0. The molecule has 1 aromatic heterocycles. The first kappa shape index (κ1) is 11.2. The van der Waals surface area contributed by atoms with Crippen molar-refractivity contribution in [3.8, 4) is 0 Å². The molecule has 2 unspecified atom stereocenters. The minimum atomic E-state index is 0.0972. The number of imidazole rings is 1. The molecule has 1 aliphatic heterocycles. The Morgan fingerprint density at radius 1 is 1.44 bits per heavy atom. The van der Waals surface area contributed by atoms with Gasteiger partial charge in [0.15, 0.2) is 0 Å². The van der Waals surface area contributed by atoms with Gasteiger partial charge in [0.05, 0.1) is 7.05 Å². The highest BCUT2D eigenvalue weighted by Gasteiger charge is 2.30. The van der Waals surface area contributed by atoms with Crippen molar-refractivity contribution in [3.63, 3.8) is 0 Å². The summed E-state index contributed by atoms with van der Waals surface area (Å²) in [6.07, 6.45) is 7.73. The fourth-order valence-electron chi connectivity index (χ4n) is 2.40. The van der Waals surface area contributed by atoms with E-state index >= 15 is 0 Å². The fraction of sp³-hybridized carbons (Fsp3) is 0.667. The summed E-state index contributed by atoms with van der Waals surface area (Å²) in [4.78, 5) is 14.2. The van der Waals surface area contributed by atoms with E-state index in [1.165, 1.54) is 0 Å². The summed E-state index contributed by atoms with van der Waals surface area (Å²) in [6, 6.07) is 0.448. The summed E-state index contributed by atoms with van der Waals surface area (Å²) in [5.74, 6) is 0.736. The first-order chi connectivity index (χ1) is 7.58. The van der Waals surface area contributed by atoms with Crippen LogP contribution in [0, 0.1) is 5.92 Å². The Bertz CT molecular complexity index is 385. The molecule has 4 nitrogen and oxygen atoms in total. The van der Waals surface area contributed by atoms with Crippen molar-refractivity contribution in [2.75, 3.05) is 6.54 Å². The third-order valence-corrected chi connectivity index (χ3v) is 3.37. The van der Waals surface area contributed by atoms with Crippen LogP contribution in [0.5, 0.6) is 0 Å². The molecular weight excluding hydrogens is 202 g/mol. The van der Waals surface area contributed by atoms with Gasteiger partial charge in [-0.3, -0.25) is 0 Å². The Morgan fingerprint density at radius 3 is 2.75 bits per heavy atom. The Balaban J connectivity index is 2.10. The molecule has 0 spiro atoms. The van der Waals surface area contributed by atoms with Crippen molar-refractivity contribution in [2.45, 2.75) is 32.7 Å². The number of rotatable bonds is 0. The normalized spacial score (nSPS) is 25.8. The maximum absolute atomic E-state index is 12.2. The minimum Gasteiger partial charge on any atom is -0.302 e. The lowest BCUT2D eigenvalue weighted by Gasteiger charge is -2.34. The van der Waals surface area contributed by atoms with Crippen molar-refractivity contribution in [2.24, 2.45) is 13.0 Å². The van der Waals surface area contributed by atoms with Gasteiger partial charge in [0, 0.05) is 12.6 Å². The van der Waals surface area contributed by atoms with E-state index < -0.39 is 0 Å². The van der Waals surface area contributed by atoms with E-state index in [1.54, 1.807) is 4.57 Å². The number of piperidine rings is 1. The average Bonchev–Trinajstić information content (AvgIpc) is 2.64. The fourth-order valence-corrected chi connectivity index (χ4v) is 2.40. The molecule has 0 bridgehead atoms. The number of hydrogen-bond donors (Lipinski definition) is 0. The zero-order chi connectivity index (χ0) is 11.7. The Kier molecular flexibility index (Phi) is 2.99. The number of carbonyl (C=O) groups excluding carboxylic acids is 1. The Labute approximate surface area is 96.5 Å². The van der Waals surface area contributed by atoms with Gasteiger partial charge >= 0.3 is 6.03 Å². The Morgan fingerprint density at radius 2 is 2.19 bits per heavy atom. The number of likely N-dealkylation sites (tertiary alicyclic amines) is 1. The van der Waals surface area contributed by atoms with E-state index in [0.29, 0.717) is 6.04 Å². The molecule has 1 aromatic rings. The largest absolute Gasteiger partial charge is 0.416 e. The predicted octanol–water partition coefficient (Wildman–Crippen LogP) is 1.40. The van der Waals surface area contributed by atoms with Crippen molar-refractivity contribution < 1.29 is 9.36 Å². The maximum Gasteiger partial charge on any atom is 0.416 e. The first-order valence-electron chi connectivity index (χ1n) is 5.92. The average molecular weight is 222 g/mol. The van der Waals surface area contributed by atoms with Gasteiger partial charge in [0.1, 0.15) is 12.4 Å². The van der Waals surface area contributed by atoms with Gasteiger partial charge in [-0.15, -0.1) is 0 Å². The molecule has 0 N–H and O–H groups in total. The zero-order valence-corrected chi connectivity index (χ0v) is 10.3. The molecule has 1 saturated heterocycles. The summed E-state index contributed by atoms with van der Waals surface area (Å²) in [6.45, 7) is 5.27. The molecule has 2 atom stereocenters. The smallest absolute Gasteiger partial charge is 0.302 e. The van der Waals surface area contributed by atoms with Crippen LogP contribution in [0.1, 0.15) is 26.7 Å². The molecule has 0 saturated carbocycles. The Hall–Kier alpha value is -1.32. The highest BCUT2D eigenvalue weighted by Crippen LogP contribution is 2.22. The van der Waals surface area contributed by atoms with Crippen molar-refractivity contribution in [1.29, 1.82) is 0 Å². The molecule has 1 amide bonds. The molecule has 4 heteroatoms. The van der Waals surface area contributed by atoms with Crippen molar-refractivity contribution in [3.05, 3.63) is 18.7 Å². The quantitative estimate of drug-likeness (QED) is 0.610. The number of carbonyl (C=O) groups is 1. The molecule has 2 heterocycles. The molecule has 16 heavy (non-hydrogen) atoms. The van der Waals surface area contributed by atoms with Crippen LogP contribution in [0.4, 0.5) is 4.79 Å². The highest BCUT2D eigenvalue weighted by atomic mass is 16.2. The van der Waals surface area contributed by atoms with Gasteiger partial charge in [-0.2, -0.15) is 4.57 Å². The van der Waals surface area contributed by atoms with Crippen LogP contribution in [-0.2, 0) is 7.05 Å². The van der Waals surface area contributed by atoms with Crippen LogP contribution >= 0.6 is 0 Å². The minimum absolute atomic E-state index is 0.0972. The number of amides is 1. The summed E-state index contributed by atoms with van der Waals surface area (Å²) in [7, 11) is 1.92. The molecular formula is C12H20N3O+. The van der Waals surface area contributed by atoms with Crippen LogP contribution in [0.25, 0.3) is 0 Å². The first-order valence-corrected chi connectivity index (χ1v) is 5.92. The number of hydrogen-bond acceptors (Lipinski definition) is 1. The van der Waals surface area contributed by atoms with E-state index in [1.807, 2.05) is 35.2 Å². The van der Waals surface area contributed by atoms with Gasteiger partial charge < -0.3 is 4.90 Å². The van der Waals surface area contributed by atoms with E-state index in [2.05, 4.69) is 13.8 Å². The van der Waals surface area contributed by atoms with Crippen LogP contribution in [0.2, 0.25) is 0 Å². The predicted molar refractivity (Wildman–Crippen MR) is 61.0 cm³/mol. The summed E-state index contributed by atoms with van der Waals surface area (Å²) < 4.78 is 3.54. The van der Waals surface area contributed by atoms with Crippen LogP contribution in [0.15, 0.2) is 18.7 Å². The van der Waals surface area contributed by atoms with E-state index in [-0.39, 0.29) is 6.03 Å². The number of nitrogens with zero attached hydrogens (tertiary/aromatic N) is 3. The second-order valence-electron chi connectivity index (χ2n) is 4.94. The van der Waals surface area contributed by atoms with E-state index in [4.69, 9.17) is 0 Å². The van der Waals surface area contributed by atoms with E-state index in [9.17, 15) is 4.79 Å². The second-order valence-corrected chi connectivity index (χ2v) is 4.94. The lowest BCUT2D eigenvalue weighted by Crippen LogP contribution is -2.46. The van der Waals surface area contributed by atoms with Gasteiger partial charge in [0.25, 0.3) is 6.33 Å². The van der Waals surface area contributed by atoms with Gasteiger partial charge in [0.2, 0.25) is 0 Å². The van der Waals surface area contributed by atoms with Crippen LogP contribution < -0.4 is 4.57 Å². The maximum atomic E-state index is 12.2. The van der Waals surface area contributed by atoms with Crippen LogP contribution in [0.3, 0.4) is 0 Å². The van der Waals surface area contributed by atoms with Crippen molar-refractivity contribution >= 4 is 6.03 Å². The van der Waals surface area contributed by atoms with E-state index in [0.717, 1.165) is 25.3 Å². The third kappa shape index (κ3) is 2.10. The molecule has 2 rings (SSSR count). The summed E-state index contributed by atoms with van der Waals surface area (Å²) in [5, 5.41) is 0. The van der Waals surface area contributed by atoms with Gasteiger partial charge in [-0.05, 0) is 25.7 Å². The standard InChI is InChI=1S/C12H20N3O/c1-10-4-5-15(11(2)8-10)12(16)14-7-6-13(3)9-14/h6-7,9-11H,4-5,8H2,1-3H3/q+1. The van der Waals surface area contributed by atoms with Crippen LogP contribution in [-0.4, -0.2) is 28.1 Å². The highest BCUT2D eigenvalue weighted by molar-refractivity contribution is 5.76. The zero-order valence-electron chi connectivity index (χ0n) is 10.3. The lowest BCUT2D eigenvalue weighted by molar-refractivity contribution is -0.670. The number of aromatic nitrogens is 2. The van der Waals surface area contributed by atoms with Crippen molar-refractivity contribution in [1.82, 2.24) is 9.47 Å². The van der Waals surface area contributed by atoms with Gasteiger partial charge in [-0.1, -0.05) is 6.92 Å². The lowest BCUT2D eigenvalue weighted by atomic mass is 9.94. The molecule has 0 aliphatic carbocycles. The topological polar surface area (TPSA) is 29.1 Å². The third-order valence-electron chi connectivity index (χ3n) is 3.37. The number of aryl methyl sites for hydroxylation is 1. The molecule has 1 aliphatic rings. The SMILES string of the molecule is CC1CCN(C(=O)n2cc[n+](C)c2)C(C)C1. The molecule has 0 aromatic carbocycles. The van der Waals surface area contributed by atoms with Gasteiger partial charge in [-0.25, -0.2) is 9.36 Å². The molecule has 0 radical (unpaired) electrons. The summed E-state index contributed by atoms with van der Waals surface area (Å²) in [5.41, 5.74) is 0. The second kappa shape index (κ2) is 4.28. The molecule has 1 fully saturated rings.